The summed E-state index contributed by atoms with van der Waals surface area (Å²) in [5.41, 5.74) is 5.44. The van der Waals surface area contributed by atoms with E-state index in [1.807, 2.05) is 61.5 Å². The molecule has 1 fully saturated rings. The molecule has 1 aliphatic rings. The summed E-state index contributed by atoms with van der Waals surface area (Å²) >= 11 is 0. The van der Waals surface area contributed by atoms with Crippen molar-refractivity contribution < 1.29 is 19.4 Å². The van der Waals surface area contributed by atoms with Crippen molar-refractivity contribution in [1.29, 1.82) is 0 Å². The fourth-order valence-corrected chi connectivity index (χ4v) is 4.81. The molecule has 1 amide bonds. The number of carbonyl (C=O) groups is 2. The number of likely N-dealkylation sites (tertiary alicyclic amines) is 1. The summed E-state index contributed by atoms with van der Waals surface area (Å²) in [4.78, 5) is 32.2. The first-order chi connectivity index (χ1) is 19.0. The van der Waals surface area contributed by atoms with E-state index in [1.54, 1.807) is 42.7 Å². The Morgan fingerprint density at radius 2 is 1.67 bits per heavy atom. The van der Waals surface area contributed by atoms with Crippen LogP contribution in [-0.2, 0) is 29.2 Å². The van der Waals surface area contributed by atoms with Crippen LogP contribution in [0.25, 0.3) is 5.76 Å². The van der Waals surface area contributed by atoms with Gasteiger partial charge < -0.3 is 14.7 Å². The summed E-state index contributed by atoms with van der Waals surface area (Å²) in [6, 6.07) is 25.7. The molecule has 3 aromatic carbocycles. The summed E-state index contributed by atoms with van der Waals surface area (Å²) in [5.74, 6) is -0.931. The number of rotatable bonds is 8. The number of nitrogens with zero attached hydrogens (tertiary/aromatic N) is 2. The van der Waals surface area contributed by atoms with Crippen molar-refractivity contribution in [3.63, 3.8) is 0 Å². The minimum Gasteiger partial charge on any atom is -0.507 e. The summed E-state index contributed by atoms with van der Waals surface area (Å²) < 4.78 is 5.93. The molecule has 5 rings (SSSR count). The normalized spacial score (nSPS) is 16.5. The predicted octanol–water partition coefficient (Wildman–Crippen LogP) is 6.15. The van der Waals surface area contributed by atoms with Crippen LogP contribution in [-0.4, -0.2) is 26.7 Å². The van der Waals surface area contributed by atoms with Crippen LogP contribution in [0.5, 0.6) is 5.75 Å². The Morgan fingerprint density at radius 3 is 2.33 bits per heavy atom. The van der Waals surface area contributed by atoms with Gasteiger partial charge in [-0.2, -0.15) is 0 Å². The number of benzene rings is 3. The molecule has 0 radical (unpaired) electrons. The first-order valence-electron chi connectivity index (χ1n) is 13.0. The molecule has 1 aromatic heterocycles. The second-order valence-corrected chi connectivity index (χ2v) is 9.62. The van der Waals surface area contributed by atoms with Gasteiger partial charge in [-0.3, -0.25) is 14.6 Å². The summed E-state index contributed by atoms with van der Waals surface area (Å²) in [7, 11) is 0. The lowest BCUT2D eigenvalue weighted by Gasteiger charge is -2.25. The second kappa shape index (κ2) is 11.4. The molecule has 0 aliphatic carbocycles. The maximum atomic E-state index is 13.3. The summed E-state index contributed by atoms with van der Waals surface area (Å²) in [6.45, 7) is 4.72. The van der Waals surface area contributed by atoms with Gasteiger partial charge in [-0.25, -0.2) is 0 Å². The van der Waals surface area contributed by atoms with Crippen LogP contribution in [0, 0.1) is 6.92 Å². The van der Waals surface area contributed by atoms with Crippen LogP contribution in [0.3, 0.4) is 0 Å². The maximum Gasteiger partial charge on any atom is 0.295 e. The number of ketones is 1. The molecule has 1 atom stereocenters. The van der Waals surface area contributed by atoms with Gasteiger partial charge in [0.15, 0.2) is 0 Å². The molecule has 0 saturated carbocycles. The average molecular weight is 519 g/mol. The zero-order valence-corrected chi connectivity index (χ0v) is 22.0. The van der Waals surface area contributed by atoms with Crippen LogP contribution >= 0.6 is 0 Å². The Labute approximate surface area is 228 Å². The highest BCUT2D eigenvalue weighted by Gasteiger charge is 2.46. The molecule has 6 nitrogen and oxygen atoms in total. The Kier molecular flexibility index (Phi) is 7.55. The third kappa shape index (κ3) is 5.46. The molecule has 1 aliphatic heterocycles. The van der Waals surface area contributed by atoms with Crippen LogP contribution < -0.4 is 4.74 Å². The van der Waals surface area contributed by atoms with E-state index in [2.05, 4.69) is 11.9 Å². The van der Waals surface area contributed by atoms with Gasteiger partial charge in [-0.1, -0.05) is 61.5 Å². The fourth-order valence-electron chi connectivity index (χ4n) is 4.81. The van der Waals surface area contributed by atoms with Crippen molar-refractivity contribution in [3.05, 3.63) is 136 Å². The number of hydrogen-bond donors (Lipinski definition) is 1. The van der Waals surface area contributed by atoms with Crippen molar-refractivity contribution in [2.75, 3.05) is 0 Å². The van der Waals surface area contributed by atoms with Crippen LogP contribution in [0.2, 0.25) is 0 Å². The van der Waals surface area contributed by atoms with Crippen molar-refractivity contribution in [1.82, 2.24) is 9.88 Å². The zero-order valence-electron chi connectivity index (χ0n) is 22.0. The largest absolute Gasteiger partial charge is 0.507 e. The molecule has 6 heteroatoms. The van der Waals surface area contributed by atoms with Gasteiger partial charge >= 0.3 is 0 Å². The Balaban J connectivity index is 1.48. The smallest absolute Gasteiger partial charge is 0.295 e. The van der Waals surface area contributed by atoms with Crippen LogP contribution in [0.1, 0.15) is 46.3 Å². The van der Waals surface area contributed by atoms with Gasteiger partial charge in [0.25, 0.3) is 11.7 Å². The first kappa shape index (κ1) is 25.9. The number of Topliss-reactive ketones (excluding diaryl/α,β-unsaturated/α-hetero) is 1. The molecule has 1 N–H and O–H groups in total. The van der Waals surface area contributed by atoms with E-state index in [1.165, 1.54) is 4.90 Å². The van der Waals surface area contributed by atoms with Gasteiger partial charge in [0.2, 0.25) is 0 Å². The van der Waals surface area contributed by atoms with Crippen LogP contribution in [0.15, 0.2) is 103 Å². The number of hydrogen-bond acceptors (Lipinski definition) is 5. The lowest BCUT2D eigenvalue weighted by molar-refractivity contribution is -0.140. The van der Waals surface area contributed by atoms with Gasteiger partial charge in [0.05, 0.1) is 11.6 Å². The van der Waals surface area contributed by atoms with Crippen LogP contribution in [0.4, 0.5) is 0 Å². The highest BCUT2D eigenvalue weighted by Crippen LogP contribution is 2.40. The molecule has 1 unspecified atom stereocenters. The topological polar surface area (TPSA) is 79.7 Å². The number of carbonyl (C=O) groups excluding carboxylic acids is 2. The monoisotopic (exact) mass is 518 g/mol. The number of aromatic nitrogens is 1. The molecule has 39 heavy (non-hydrogen) atoms. The Hall–Kier alpha value is -4.71. The number of aliphatic hydroxyl groups is 1. The molecular formula is C33H30N2O4. The maximum absolute atomic E-state index is 13.3. The number of pyridine rings is 1. The Morgan fingerprint density at radius 1 is 0.923 bits per heavy atom. The third-order valence-electron chi connectivity index (χ3n) is 7.10. The highest BCUT2D eigenvalue weighted by atomic mass is 16.5. The van der Waals surface area contributed by atoms with Crippen molar-refractivity contribution in [2.45, 2.75) is 39.5 Å². The van der Waals surface area contributed by atoms with Gasteiger partial charge in [0.1, 0.15) is 18.1 Å². The zero-order chi connectivity index (χ0) is 27.4. The summed E-state index contributed by atoms with van der Waals surface area (Å²) in [5, 5.41) is 11.4. The van der Waals surface area contributed by atoms with E-state index in [0.717, 1.165) is 34.2 Å². The van der Waals surface area contributed by atoms with Gasteiger partial charge in [-0.15, -0.1) is 0 Å². The lowest BCUT2D eigenvalue weighted by atomic mass is 9.94. The molecule has 4 aromatic rings. The SMILES string of the molecule is CCc1ccc(C2C(=C(O)c3ccc(OCc4ccccc4C)cc3)C(=O)C(=O)N2Cc2cccnc2)cc1. The van der Waals surface area contributed by atoms with E-state index >= 15 is 0 Å². The van der Waals surface area contributed by atoms with E-state index in [4.69, 9.17) is 4.74 Å². The molecule has 1 saturated heterocycles. The fraction of sp³-hybridized carbons (Fsp3) is 0.182. The summed E-state index contributed by atoms with van der Waals surface area (Å²) in [6.07, 6.45) is 4.20. The number of amides is 1. The molecule has 2 heterocycles. The molecule has 0 bridgehead atoms. The van der Waals surface area contributed by atoms with E-state index in [9.17, 15) is 14.7 Å². The number of aryl methyl sites for hydroxylation is 2. The standard InChI is InChI=1S/C33H30N2O4/c1-3-23-10-12-25(13-11-23)30-29(32(37)33(38)35(30)20-24-8-6-18-34-19-24)31(36)26-14-16-28(17-15-26)39-21-27-9-5-4-7-22(27)2/h4-19,30,36H,3,20-21H2,1-2H3. The molecule has 196 valence electrons. The second-order valence-electron chi connectivity index (χ2n) is 9.62. The van der Waals surface area contributed by atoms with E-state index in [0.29, 0.717) is 17.9 Å². The van der Waals surface area contributed by atoms with Gasteiger partial charge in [0, 0.05) is 24.5 Å². The van der Waals surface area contributed by atoms with E-state index in [-0.39, 0.29) is 17.9 Å². The Bertz CT molecular complexity index is 1510. The predicted molar refractivity (Wildman–Crippen MR) is 150 cm³/mol. The number of aliphatic hydroxyl groups excluding tert-OH is 1. The van der Waals surface area contributed by atoms with Crippen molar-refractivity contribution in [2.24, 2.45) is 0 Å². The highest BCUT2D eigenvalue weighted by molar-refractivity contribution is 6.46. The molecule has 0 spiro atoms. The third-order valence-corrected chi connectivity index (χ3v) is 7.10. The number of ether oxygens (including phenoxy) is 1. The quantitative estimate of drug-likeness (QED) is 0.172. The van der Waals surface area contributed by atoms with Crippen molar-refractivity contribution in [3.8, 4) is 5.75 Å². The minimum absolute atomic E-state index is 0.0710. The molecular weight excluding hydrogens is 488 g/mol. The average Bonchev–Trinajstić information content (AvgIpc) is 3.22. The minimum atomic E-state index is -0.729. The first-order valence-corrected chi connectivity index (χ1v) is 13.0. The van der Waals surface area contributed by atoms with E-state index < -0.39 is 17.7 Å². The van der Waals surface area contributed by atoms with Gasteiger partial charge in [-0.05, 0) is 71.5 Å². The lowest BCUT2D eigenvalue weighted by Crippen LogP contribution is -2.29. The van der Waals surface area contributed by atoms with Crippen molar-refractivity contribution >= 4 is 17.4 Å².